The molecule has 0 aliphatic carbocycles. The van der Waals surface area contributed by atoms with Crippen LogP contribution in [0, 0.1) is 0 Å². The molecule has 23 heavy (non-hydrogen) atoms. The molecule has 1 aliphatic rings. The fourth-order valence-electron chi connectivity index (χ4n) is 2.13. The van der Waals surface area contributed by atoms with Gasteiger partial charge in [0.2, 0.25) is 6.79 Å². The zero-order valence-electron chi connectivity index (χ0n) is 12.4. The van der Waals surface area contributed by atoms with Gasteiger partial charge >= 0.3 is 5.97 Å². The first-order valence-electron chi connectivity index (χ1n) is 7.03. The second-order valence-corrected chi connectivity index (χ2v) is 4.95. The molecule has 0 saturated heterocycles. The van der Waals surface area contributed by atoms with Crippen LogP contribution in [0.3, 0.4) is 0 Å². The normalized spacial score (nSPS) is 13.4. The maximum atomic E-state index is 11.9. The average molecular weight is 317 g/mol. The van der Waals surface area contributed by atoms with Crippen LogP contribution in [0.1, 0.15) is 29.1 Å². The van der Waals surface area contributed by atoms with E-state index < -0.39 is 11.9 Å². The zero-order chi connectivity index (χ0) is 16.2. The Labute approximate surface area is 132 Å². The Kier molecular flexibility index (Phi) is 4.18. The Morgan fingerprint density at radius 3 is 2.87 bits per heavy atom. The van der Waals surface area contributed by atoms with Crippen LogP contribution in [0.2, 0.25) is 0 Å². The maximum Gasteiger partial charge on any atom is 0.338 e. The number of furan rings is 1. The van der Waals surface area contributed by atoms with Crippen molar-refractivity contribution < 1.29 is 28.2 Å². The van der Waals surface area contributed by atoms with Crippen molar-refractivity contribution in [2.45, 2.75) is 13.0 Å². The lowest BCUT2D eigenvalue weighted by atomic mass is 10.2. The van der Waals surface area contributed by atoms with Crippen molar-refractivity contribution in [1.82, 2.24) is 5.32 Å². The highest BCUT2D eigenvalue weighted by atomic mass is 16.7. The standard InChI is InChI=1S/C16H15NO6/c1-10(12-3-2-6-20-12)17-15(18)8-21-16(19)11-4-5-13-14(7-11)23-9-22-13/h2-7,10H,8-9H2,1H3,(H,17,18)/t10-/m1/s1. The van der Waals surface area contributed by atoms with Crippen LogP contribution < -0.4 is 14.8 Å². The van der Waals surface area contributed by atoms with E-state index in [0.29, 0.717) is 22.8 Å². The first-order chi connectivity index (χ1) is 11.1. The molecule has 0 spiro atoms. The molecule has 120 valence electrons. The van der Waals surface area contributed by atoms with Gasteiger partial charge in [-0.25, -0.2) is 4.79 Å². The van der Waals surface area contributed by atoms with Gasteiger partial charge in [0.25, 0.3) is 5.91 Å². The predicted octanol–water partition coefficient (Wildman–Crippen LogP) is 2.04. The SMILES string of the molecule is C[C@@H](NC(=O)COC(=O)c1ccc2c(c1)OCO2)c1ccco1. The number of hydrogen-bond donors (Lipinski definition) is 1. The summed E-state index contributed by atoms with van der Waals surface area (Å²) < 4.78 is 20.5. The fourth-order valence-corrected chi connectivity index (χ4v) is 2.13. The molecule has 1 amide bonds. The molecular formula is C16H15NO6. The van der Waals surface area contributed by atoms with E-state index in [1.807, 2.05) is 0 Å². The molecule has 7 heteroatoms. The molecule has 0 fully saturated rings. The number of rotatable bonds is 5. The van der Waals surface area contributed by atoms with Gasteiger partial charge in [0, 0.05) is 0 Å². The minimum atomic E-state index is -0.607. The molecule has 0 radical (unpaired) electrons. The lowest BCUT2D eigenvalue weighted by Crippen LogP contribution is -2.30. The number of esters is 1. The van der Waals surface area contributed by atoms with E-state index in [-0.39, 0.29) is 19.4 Å². The highest BCUT2D eigenvalue weighted by Gasteiger charge is 2.18. The lowest BCUT2D eigenvalue weighted by molar-refractivity contribution is -0.125. The summed E-state index contributed by atoms with van der Waals surface area (Å²) in [6, 6.07) is 7.88. The summed E-state index contributed by atoms with van der Waals surface area (Å²) >= 11 is 0. The van der Waals surface area contributed by atoms with E-state index in [4.69, 9.17) is 18.6 Å². The van der Waals surface area contributed by atoms with Gasteiger partial charge in [-0.3, -0.25) is 4.79 Å². The molecule has 1 aromatic carbocycles. The third-order valence-corrected chi connectivity index (χ3v) is 3.29. The van der Waals surface area contributed by atoms with Crippen molar-refractivity contribution in [3.63, 3.8) is 0 Å². The second-order valence-electron chi connectivity index (χ2n) is 4.95. The fraction of sp³-hybridized carbons (Fsp3) is 0.250. The molecule has 1 aromatic heterocycles. The van der Waals surface area contributed by atoms with E-state index in [2.05, 4.69) is 5.32 Å². The van der Waals surface area contributed by atoms with Gasteiger partial charge in [0.05, 0.1) is 17.9 Å². The highest BCUT2D eigenvalue weighted by molar-refractivity contribution is 5.92. The third-order valence-electron chi connectivity index (χ3n) is 3.29. The molecule has 2 heterocycles. The molecule has 3 rings (SSSR count). The number of amides is 1. The predicted molar refractivity (Wildman–Crippen MR) is 78.1 cm³/mol. The van der Waals surface area contributed by atoms with Gasteiger partial charge in [-0.05, 0) is 37.3 Å². The molecule has 0 bridgehead atoms. The number of carbonyl (C=O) groups excluding carboxylic acids is 2. The number of carbonyl (C=O) groups is 2. The topological polar surface area (TPSA) is 87.0 Å². The summed E-state index contributed by atoms with van der Waals surface area (Å²) in [5.41, 5.74) is 0.293. The van der Waals surface area contributed by atoms with Crippen molar-refractivity contribution in [2.24, 2.45) is 0 Å². The average Bonchev–Trinajstić information content (AvgIpc) is 3.22. The summed E-state index contributed by atoms with van der Waals surface area (Å²) in [5, 5.41) is 2.68. The minimum absolute atomic E-state index is 0.126. The highest BCUT2D eigenvalue weighted by Crippen LogP contribution is 2.32. The number of hydrogen-bond acceptors (Lipinski definition) is 6. The van der Waals surface area contributed by atoms with E-state index in [1.165, 1.54) is 12.3 Å². The van der Waals surface area contributed by atoms with E-state index in [0.717, 1.165) is 0 Å². The van der Waals surface area contributed by atoms with Crippen LogP contribution in [0.5, 0.6) is 11.5 Å². The quantitative estimate of drug-likeness (QED) is 0.849. The largest absolute Gasteiger partial charge is 0.467 e. The van der Waals surface area contributed by atoms with Crippen LogP contribution in [-0.2, 0) is 9.53 Å². The molecule has 2 aromatic rings. The van der Waals surface area contributed by atoms with E-state index in [9.17, 15) is 9.59 Å². The number of fused-ring (bicyclic) bond motifs is 1. The molecule has 1 N–H and O–H groups in total. The van der Waals surface area contributed by atoms with Crippen LogP contribution in [-0.4, -0.2) is 25.3 Å². The number of benzene rings is 1. The van der Waals surface area contributed by atoms with Crippen LogP contribution >= 0.6 is 0 Å². The first-order valence-corrected chi connectivity index (χ1v) is 7.03. The van der Waals surface area contributed by atoms with E-state index >= 15 is 0 Å². The molecule has 1 atom stereocenters. The summed E-state index contributed by atoms with van der Waals surface area (Å²) in [4.78, 5) is 23.7. The van der Waals surface area contributed by atoms with Crippen LogP contribution in [0.4, 0.5) is 0 Å². The van der Waals surface area contributed by atoms with Crippen molar-refractivity contribution in [2.75, 3.05) is 13.4 Å². The summed E-state index contributed by atoms with van der Waals surface area (Å²) in [7, 11) is 0. The molecule has 0 unspecified atom stereocenters. The van der Waals surface area contributed by atoms with Gasteiger partial charge in [-0.1, -0.05) is 0 Å². The van der Waals surface area contributed by atoms with Gasteiger partial charge in [-0.2, -0.15) is 0 Å². The monoisotopic (exact) mass is 317 g/mol. The summed E-state index contributed by atoms with van der Waals surface area (Å²) in [6.45, 7) is 1.52. The molecule has 1 aliphatic heterocycles. The molecular weight excluding hydrogens is 302 g/mol. The Bertz CT molecular complexity index is 709. The van der Waals surface area contributed by atoms with Crippen LogP contribution in [0.15, 0.2) is 41.0 Å². The maximum absolute atomic E-state index is 11.9. The molecule has 0 saturated carbocycles. The van der Waals surface area contributed by atoms with Gasteiger partial charge in [-0.15, -0.1) is 0 Å². The summed E-state index contributed by atoms with van der Waals surface area (Å²) in [5.74, 6) is 0.662. The van der Waals surface area contributed by atoms with Gasteiger partial charge in [0.15, 0.2) is 18.1 Å². The zero-order valence-corrected chi connectivity index (χ0v) is 12.4. The van der Waals surface area contributed by atoms with Crippen molar-refractivity contribution in [3.8, 4) is 11.5 Å². The third kappa shape index (κ3) is 3.45. The van der Waals surface area contributed by atoms with Crippen molar-refractivity contribution >= 4 is 11.9 Å². The Morgan fingerprint density at radius 2 is 2.09 bits per heavy atom. The lowest BCUT2D eigenvalue weighted by Gasteiger charge is -2.11. The second kappa shape index (κ2) is 6.43. The number of ether oxygens (including phenoxy) is 3. The Balaban J connectivity index is 1.51. The van der Waals surface area contributed by atoms with Gasteiger partial charge < -0.3 is 23.9 Å². The van der Waals surface area contributed by atoms with E-state index in [1.54, 1.807) is 31.2 Å². The van der Waals surface area contributed by atoms with Crippen LogP contribution in [0.25, 0.3) is 0 Å². The molecule has 7 nitrogen and oxygen atoms in total. The smallest absolute Gasteiger partial charge is 0.338 e. The Hall–Kier alpha value is -2.96. The van der Waals surface area contributed by atoms with Crippen molar-refractivity contribution in [1.29, 1.82) is 0 Å². The van der Waals surface area contributed by atoms with Crippen molar-refractivity contribution in [3.05, 3.63) is 47.9 Å². The Morgan fingerprint density at radius 1 is 1.26 bits per heavy atom. The number of nitrogens with one attached hydrogen (secondary N) is 1. The first kappa shape index (κ1) is 15.0. The minimum Gasteiger partial charge on any atom is -0.467 e. The summed E-state index contributed by atoms with van der Waals surface area (Å²) in [6.07, 6.45) is 1.53. The van der Waals surface area contributed by atoms with Gasteiger partial charge in [0.1, 0.15) is 5.76 Å².